The molecular weight excluding hydrogens is 352 g/mol. The van der Waals surface area contributed by atoms with Crippen molar-refractivity contribution in [1.82, 2.24) is 0 Å². The summed E-state index contributed by atoms with van der Waals surface area (Å²) in [5.74, 6) is 0. The number of hydrogen-bond donors (Lipinski definition) is 0. The number of hydrogen-bond acceptors (Lipinski definition) is 3. The predicted octanol–water partition coefficient (Wildman–Crippen LogP) is 7.37. The van der Waals surface area contributed by atoms with Gasteiger partial charge in [0, 0.05) is 19.8 Å². The molecule has 0 saturated heterocycles. The molecule has 0 N–H and O–H groups in total. The van der Waals surface area contributed by atoms with Crippen LogP contribution in [0.4, 0.5) is 0 Å². The van der Waals surface area contributed by atoms with Gasteiger partial charge in [0.15, 0.2) is 0 Å². The van der Waals surface area contributed by atoms with E-state index in [2.05, 4.69) is 26.8 Å². The Bertz CT molecular complexity index is 339. The van der Waals surface area contributed by atoms with Crippen LogP contribution >= 0.6 is 0 Å². The Morgan fingerprint density at radius 1 is 0.667 bits per heavy atom. The van der Waals surface area contributed by atoms with Crippen molar-refractivity contribution in [3.63, 3.8) is 0 Å². The fourth-order valence-electron chi connectivity index (χ4n) is 3.55. The maximum Gasteiger partial charge on any atom is 0.532 e. The lowest BCUT2D eigenvalue weighted by Gasteiger charge is -2.33. The monoisotopic (exact) mass is 398 g/mol. The summed E-state index contributed by atoms with van der Waals surface area (Å²) in [6.45, 7) is 9.05. The second-order valence-corrected chi connectivity index (χ2v) is 10.5. The summed E-state index contributed by atoms with van der Waals surface area (Å²) in [5.41, 5.74) is 0. The zero-order valence-electron chi connectivity index (χ0n) is 18.5. The zero-order valence-corrected chi connectivity index (χ0v) is 19.5. The summed E-state index contributed by atoms with van der Waals surface area (Å²) in [6, 6.07) is 0. The Hall–Kier alpha value is -0.163. The van der Waals surface area contributed by atoms with Crippen LogP contribution in [0.15, 0.2) is 11.3 Å². The summed E-state index contributed by atoms with van der Waals surface area (Å²) in [5, 5.41) is 1.38. The average molecular weight is 399 g/mol. The minimum absolute atomic E-state index is 0.777. The normalized spacial score (nSPS) is 16.0. The van der Waals surface area contributed by atoms with E-state index in [0.717, 1.165) is 51.9 Å². The minimum Gasteiger partial charge on any atom is -0.370 e. The van der Waals surface area contributed by atoms with Crippen molar-refractivity contribution in [3.8, 4) is 0 Å². The van der Waals surface area contributed by atoms with Crippen molar-refractivity contribution >= 4 is 8.80 Å². The van der Waals surface area contributed by atoms with Gasteiger partial charge in [0.2, 0.25) is 0 Å². The molecule has 3 nitrogen and oxygen atoms in total. The standard InChI is InChI=1S/C23H46O3Si/c1-4-7-15-20-24-27(25-21-16-8-5-2,26-22-17-9-6-3)23-18-13-11-10-12-14-19-23/h18H,4-17,19-22H2,1-3H3. The van der Waals surface area contributed by atoms with Crippen molar-refractivity contribution in [2.45, 2.75) is 117 Å². The third-order valence-corrected chi connectivity index (χ3v) is 8.30. The van der Waals surface area contributed by atoms with E-state index in [-0.39, 0.29) is 0 Å². The maximum atomic E-state index is 6.55. The highest BCUT2D eigenvalue weighted by atomic mass is 28.4. The van der Waals surface area contributed by atoms with Crippen molar-refractivity contribution in [2.24, 2.45) is 0 Å². The summed E-state index contributed by atoms with van der Waals surface area (Å²) in [7, 11) is -2.74. The molecule has 4 heteroatoms. The molecule has 1 aliphatic rings. The van der Waals surface area contributed by atoms with E-state index in [9.17, 15) is 0 Å². The second-order valence-electron chi connectivity index (χ2n) is 7.91. The largest absolute Gasteiger partial charge is 0.532 e. The summed E-state index contributed by atoms with van der Waals surface area (Å²) >= 11 is 0. The first-order valence-electron chi connectivity index (χ1n) is 11.9. The average Bonchev–Trinajstić information content (AvgIpc) is 2.65. The van der Waals surface area contributed by atoms with E-state index in [1.807, 2.05) is 0 Å². The van der Waals surface area contributed by atoms with Gasteiger partial charge >= 0.3 is 8.80 Å². The fourth-order valence-corrected chi connectivity index (χ4v) is 6.47. The van der Waals surface area contributed by atoms with E-state index in [0.29, 0.717) is 0 Å². The quantitative estimate of drug-likeness (QED) is 0.201. The lowest BCUT2D eigenvalue weighted by molar-refractivity contribution is 0.0631. The van der Waals surface area contributed by atoms with E-state index < -0.39 is 8.80 Å². The molecule has 0 saturated carbocycles. The van der Waals surface area contributed by atoms with Gasteiger partial charge in [0.25, 0.3) is 0 Å². The first-order valence-corrected chi connectivity index (χ1v) is 13.6. The van der Waals surface area contributed by atoms with Crippen LogP contribution in [0, 0.1) is 0 Å². The van der Waals surface area contributed by atoms with Crippen LogP contribution in [0.2, 0.25) is 0 Å². The summed E-state index contributed by atoms with van der Waals surface area (Å²) in [4.78, 5) is 0. The Morgan fingerprint density at radius 2 is 1.15 bits per heavy atom. The van der Waals surface area contributed by atoms with E-state index >= 15 is 0 Å². The molecule has 0 unspecified atom stereocenters. The molecule has 0 atom stereocenters. The van der Waals surface area contributed by atoms with E-state index in [1.54, 1.807) is 0 Å². The molecule has 1 rings (SSSR count). The van der Waals surface area contributed by atoms with Gasteiger partial charge in [-0.1, -0.05) is 78.2 Å². The second kappa shape index (κ2) is 16.8. The van der Waals surface area contributed by atoms with Crippen molar-refractivity contribution in [3.05, 3.63) is 11.3 Å². The molecule has 0 amide bonds. The van der Waals surface area contributed by atoms with Crippen LogP contribution in [-0.2, 0) is 13.3 Å². The fraction of sp³-hybridized carbons (Fsp3) is 0.913. The van der Waals surface area contributed by atoms with Crippen LogP contribution in [0.1, 0.15) is 117 Å². The molecule has 1 aliphatic carbocycles. The molecule has 0 spiro atoms. The van der Waals surface area contributed by atoms with Gasteiger partial charge in [-0.25, -0.2) is 0 Å². The molecule has 0 fully saturated rings. The predicted molar refractivity (Wildman–Crippen MR) is 118 cm³/mol. The van der Waals surface area contributed by atoms with Gasteiger partial charge in [-0.05, 0) is 50.1 Å². The topological polar surface area (TPSA) is 27.7 Å². The molecule has 0 aromatic rings. The molecule has 0 radical (unpaired) electrons. The SMILES string of the molecule is CCCCCO[Si](OCCCCC)(OCCCCC)C1=CCCCCCC1. The Morgan fingerprint density at radius 3 is 1.63 bits per heavy atom. The first kappa shape index (κ1) is 24.9. The molecular formula is C23H46O3Si. The molecule has 0 bridgehead atoms. The van der Waals surface area contributed by atoms with Gasteiger partial charge in [-0.2, -0.15) is 0 Å². The lowest BCUT2D eigenvalue weighted by atomic mass is 10.1. The Kier molecular flexibility index (Phi) is 15.4. The van der Waals surface area contributed by atoms with Gasteiger partial charge in [-0.15, -0.1) is 0 Å². The third-order valence-electron chi connectivity index (χ3n) is 5.30. The number of allylic oxidation sites excluding steroid dienone is 2. The molecule has 0 aromatic heterocycles. The molecule has 160 valence electrons. The summed E-state index contributed by atoms with van der Waals surface area (Å²) in [6.07, 6.45) is 20.5. The lowest BCUT2D eigenvalue weighted by Crippen LogP contribution is -2.49. The van der Waals surface area contributed by atoms with Crippen LogP contribution < -0.4 is 0 Å². The number of unbranched alkanes of at least 4 members (excludes halogenated alkanes) is 6. The van der Waals surface area contributed by atoms with Gasteiger partial charge in [-0.3, -0.25) is 0 Å². The molecule has 0 aromatic carbocycles. The molecule has 27 heavy (non-hydrogen) atoms. The third kappa shape index (κ3) is 10.8. The highest BCUT2D eigenvalue weighted by Gasteiger charge is 2.45. The van der Waals surface area contributed by atoms with Crippen LogP contribution in [0.25, 0.3) is 0 Å². The smallest absolute Gasteiger partial charge is 0.370 e. The number of rotatable bonds is 16. The minimum atomic E-state index is -2.74. The van der Waals surface area contributed by atoms with E-state index in [1.165, 1.54) is 69.4 Å². The first-order chi connectivity index (χ1) is 13.3. The van der Waals surface area contributed by atoms with Crippen LogP contribution in [0.3, 0.4) is 0 Å². The van der Waals surface area contributed by atoms with Gasteiger partial charge in [0.05, 0.1) is 0 Å². The molecule has 0 heterocycles. The van der Waals surface area contributed by atoms with Gasteiger partial charge < -0.3 is 13.3 Å². The van der Waals surface area contributed by atoms with E-state index in [4.69, 9.17) is 13.3 Å². The Labute approximate surface area is 170 Å². The van der Waals surface area contributed by atoms with Gasteiger partial charge in [0.1, 0.15) is 0 Å². The van der Waals surface area contributed by atoms with Crippen molar-refractivity contribution in [1.29, 1.82) is 0 Å². The van der Waals surface area contributed by atoms with Crippen molar-refractivity contribution < 1.29 is 13.3 Å². The molecule has 0 aliphatic heterocycles. The zero-order chi connectivity index (χ0) is 19.6. The Balaban J connectivity index is 2.87. The highest BCUT2D eigenvalue weighted by Crippen LogP contribution is 2.29. The maximum absolute atomic E-state index is 6.55. The summed E-state index contributed by atoms with van der Waals surface area (Å²) < 4.78 is 19.7. The van der Waals surface area contributed by atoms with Crippen LogP contribution in [0.5, 0.6) is 0 Å². The van der Waals surface area contributed by atoms with Crippen LogP contribution in [-0.4, -0.2) is 28.6 Å². The highest BCUT2D eigenvalue weighted by molar-refractivity contribution is 6.68. The van der Waals surface area contributed by atoms with Crippen molar-refractivity contribution in [2.75, 3.05) is 19.8 Å².